The summed E-state index contributed by atoms with van der Waals surface area (Å²) in [7, 11) is 0. The zero-order valence-electron chi connectivity index (χ0n) is 9.70. The highest BCUT2D eigenvalue weighted by Gasteiger charge is 2.35. The van der Waals surface area contributed by atoms with E-state index < -0.39 is 40.6 Å². The van der Waals surface area contributed by atoms with Gasteiger partial charge in [0.05, 0.1) is 10.6 Å². The second-order valence-electron chi connectivity index (χ2n) is 4.30. The van der Waals surface area contributed by atoms with E-state index in [1.54, 1.807) is 0 Å². The van der Waals surface area contributed by atoms with Gasteiger partial charge in [0.15, 0.2) is 0 Å². The smallest absolute Gasteiger partial charge is 0.323 e. The standard InChI is InChI=1S/C12H10ClF2NO3/c13-8-4-9(14)7(3-10(8)15)12(19)16(5-11(17)18)6-1-2-6/h3-4,6H,1-2,5H2,(H,17,18). The van der Waals surface area contributed by atoms with Gasteiger partial charge in [-0.3, -0.25) is 9.59 Å². The van der Waals surface area contributed by atoms with E-state index in [-0.39, 0.29) is 6.04 Å². The van der Waals surface area contributed by atoms with Crippen LogP contribution in [0.25, 0.3) is 0 Å². The molecule has 0 unspecified atom stereocenters. The van der Waals surface area contributed by atoms with Crippen LogP contribution in [0.2, 0.25) is 5.02 Å². The van der Waals surface area contributed by atoms with Crippen LogP contribution in [0.1, 0.15) is 23.2 Å². The SMILES string of the molecule is O=C(O)CN(C(=O)c1cc(F)c(Cl)cc1F)C1CC1. The lowest BCUT2D eigenvalue weighted by molar-refractivity contribution is -0.137. The predicted molar refractivity (Wildman–Crippen MR) is 63.1 cm³/mol. The molecule has 0 heterocycles. The highest BCUT2D eigenvalue weighted by atomic mass is 35.5. The number of aliphatic carboxylic acids is 1. The Hall–Kier alpha value is -1.69. The first-order valence-corrected chi connectivity index (χ1v) is 5.95. The van der Waals surface area contributed by atoms with Crippen LogP contribution in [0, 0.1) is 11.6 Å². The molecule has 102 valence electrons. The van der Waals surface area contributed by atoms with E-state index in [2.05, 4.69) is 0 Å². The number of benzene rings is 1. The third kappa shape index (κ3) is 3.01. The molecule has 1 amide bonds. The molecule has 1 aliphatic carbocycles. The largest absolute Gasteiger partial charge is 0.480 e. The molecule has 2 rings (SSSR count). The molecule has 0 saturated heterocycles. The topological polar surface area (TPSA) is 57.6 Å². The van der Waals surface area contributed by atoms with Crippen molar-refractivity contribution in [3.05, 3.63) is 34.4 Å². The number of carbonyl (C=O) groups is 2. The van der Waals surface area contributed by atoms with Crippen molar-refractivity contribution >= 4 is 23.5 Å². The van der Waals surface area contributed by atoms with E-state index in [9.17, 15) is 18.4 Å². The number of hydrogen-bond donors (Lipinski definition) is 1. The van der Waals surface area contributed by atoms with Gasteiger partial charge in [-0.15, -0.1) is 0 Å². The van der Waals surface area contributed by atoms with Crippen molar-refractivity contribution in [2.24, 2.45) is 0 Å². The number of amides is 1. The van der Waals surface area contributed by atoms with Gasteiger partial charge in [0.2, 0.25) is 0 Å². The van der Waals surface area contributed by atoms with E-state index in [0.717, 1.165) is 4.90 Å². The van der Waals surface area contributed by atoms with Crippen LogP contribution >= 0.6 is 11.6 Å². The molecule has 1 aromatic rings. The molecular formula is C12H10ClF2NO3. The zero-order chi connectivity index (χ0) is 14.2. The van der Waals surface area contributed by atoms with Crippen molar-refractivity contribution in [2.45, 2.75) is 18.9 Å². The molecule has 0 radical (unpaired) electrons. The number of carboxylic acid groups (broad SMARTS) is 1. The second-order valence-corrected chi connectivity index (χ2v) is 4.71. The lowest BCUT2D eigenvalue weighted by Gasteiger charge is -2.20. The van der Waals surface area contributed by atoms with Crippen LogP contribution in [0.4, 0.5) is 8.78 Å². The highest BCUT2D eigenvalue weighted by molar-refractivity contribution is 6.30. The van der Waals surface area contributed by atoms with Crippen molar-refractivity contribution in [1.29, 1.82) is 0 Å². The first-order chi connectivity index (χ1) is 8.90. The third-order valence-electron chi connectivity index (χ3n) is 2.79. The number of halogens is 3. The fourth-order valence-electron chi connectivity index (χ4n) is 1.74. The summed E-state index contributed by atoms with van der Waals surface area (Å²) in [4.78, 5) is 23.8. The summed E-state index contributed by atoms with van der Waals surface area (Å²) in [6.07, 6.45) is 1.33. The summed E-state index contributed by atoms with van der Waals surface area (Å²) in [6, 6.07) is 1.18. The fourth-order valence-corrected chi connectivity index (χ4v) is 1.89. The van der Waals surface area contributed by atoms with Crippen LogP contribution in [0.5, 0.6) is 0 Å². The van der Waals surface area contributed by atoms with Crippen LogP contribution in [0.3, 0.4) is 0 Å². The van der Waals surface area contributed by atoms with Crippen LogP contribution in [-0.4, -0.2) is 34.5 Å². The Bertz CT molecular complexity index is 546. The van der Waals surface area contributed by atoms with E-state index in [1.807, 2.05) is 0 Å². The molecule has 1 aromatic carbocycles. The lowest BCUT2D eigenvalue weighted by atomic mass is 10.1. The van der Waals surface area contributed by atoms with Gasteiger partial charge in [0.25, 0.3) is 5.91 Å². The molecule has 0 atom stereocenters. The number of rotatable bonds is 4. The number of nitrogens with zero attached hydrogens (tertiary/aromatic N) is 1. The van der Waals surface area contributed by atoms with Gasteiger partial charge in [-0.05, 0) is 25.0 Å². The average Bonchev–Trinajstić information content (AvgIpc) is 3.14. The number of carbonyl (C=O) groups excluding carboxylic acids is 1. The molecule has 1 aliphatic rings. The predicted octanol–water partition coefficient (Wildman–Crippen LogP) is 2.31. The molecule has 0 aromatic heterocycles. The summed E-state index contributed by atoms with van der Waals surface area (Å²) in [6.45, 7) is -0.535. The summed E-state index contributed by atoms with van der Waals surface area (Å²) < 4.78 is 26.9. The Labute approximate surface area is 112 Å². The molecule has 1 saturated carbocycles. The maximum Gasteiger partial charge on any atom is 0.323 e. The Morgan fingerprint density at radius 2 is 1.95 bits per heavy atom. The Morgan fingerprint density at radius 1 is 1.32 bits per heavy atom. The Balaban J connectivity index is 2.31. The molecule has 0 bridgehead atoms. The zero-order valence-corrected chi connectivity index (χ0v) is 10.5. The van der Waals surface area contributed by atoms with Crippen LogP contribution < -0.4 is 0 Å². The van der Waals surface area contributed by atoms with E-state index in [1.165, 1.54) is 0 Å². The van der Waals surface area contributed by atoms with Gasteiger partial charge in [0.1, 0.15) is 18.2 Å². The van der Waals surface area contributed by atoms with Gasteiger partial charge in [-0.2, -0.15) is 0 Å². The van der Waals surface area contributed by atoms with E-state index in [0.29, 0.717) is 25.0 Å². The minimum atomic E-state index is -1.20. The maximum atomic E-state index is 13.6. The Kier molecular flexibility index (Phi) is 3.71. The van der Waals surface area contributed by atoms with Gasteiger partial charge in [-0.25, -0.2) is 8.78 Å². The van der Waals surface area contributed by atoms with E-state index in [4.69, 9.17) is 16.7 Å². The molecule has 19 heavy (non-hydrogen) atoms. The first kappa shape index (κ1) is 13.7. The van der Waals surface area contributed by atoms with Crippen LogP contribution in [-0.2, 0) is 4.79 Å². The van der Waals surface area contributed by atoms with Crippen molar-refractivity contribution < 1.29 is 23.5 Å². The van der Waals surface area contributed by atoms with E-state index >= 15 is 0 Å². The molecule has 0 aliphatic heterocycles. The normalized spacial score (nSPS) is 14.3. The maximum absolute atomic E-state index is 13.6. The van der Waals surface area contributed by atoms with Crippen molar-refractivity contribution in [1.82, 2.24) is 4.90 Å². The summed E-state index contributed by atoms with van der Waals surface area (Å²) in [5, 5.41) is 8.32. The Morgan fingerprint density at radius 3 is 2.47 bits per heavy atom. The third-order valence-corrected chi connectivity index (χ3v) is 3.08. The molecule has 0 spiro atoms. The van der Waals surface area contributed by atoms with Gasteiger partial charge in [-0.1, -0.05) is 11.6 Å². The summed E-state index contributed by atoms with van der Waals surface area (Å²) in [5.41, 5.74) is -0.505. The molecule has 1 fully saturated rings. The molecule has 1 N–H and O–H groups in total. The lowest BCUT2D eigenvalue weighted by Crippen LogP contribution is -2.38. The molecular weight excluding hydrogens is 280 g/mol. The van der Waals surface area contributed by atoms with Crippen LogP contribution in [0.15, 0.2) is 12.1 Å². The minimum Gasteiger partial charge on any atom is -0.480 e. The fraction of sp³-hybridized carbons (Fsp3) is 0.333. The van der Waals surface area contributed by atoms with Crippen molar-refractivity contribution in [3.63, 3.8) is 0 Å². The quantitative estimate of drug-likeness (QED) is 0.865. The molecule has 4 nitrogen and oxygen atoms in total. The highest BCUT2D eigenvalue weighted by Crippen LogP contribution is 2.29. The number of hydrogen-bond acceptors (Lipinski definition) is 2. The number of carboxylic acids is 1. The van der Waals surface area contributed by atoms with Gasteiger partial charge in [0, 0.05) is 6.04 Å². The van der Waals surface area contributed by atoms with Crippen molar-refractivity contribution in [3.8, 4) is 0 Å². The first-order valence-electron chi connectivity index (χ1n) is 5.57. The van der Waals surface area contributed by atoms with Gasteiger partial charge >= 0.3 is 5.97 Å². The van der Waals surface area contributed by atoms with Gasteiger partial charge < -0.3 is 10.0 Å². The molecule has 7 heteroatoms. The average molecular weight is 290 g/mol. The second kappa shape index (κ2) is 5.13. The monoisotopic (exact) mass is 289 g/mol. The minimum absolute atomic E-state index is 0.221. The van der Waals surface area contributed by atoms with Crippen molar-refractivity contribution in [2.75, 3.05) is 6.54 Å². The summed E-state index contributed by atoms with van der Waals surface area (Å²) in [5.74, 6) is -3.92. The summed E-state index contributed by atoms with van der Waals surface area (Å²) >= 11 is 5.40.